The van der Waals surface area contributed by atoms with Crippen LogP contribution in [0.1, 0.15) is 20.8 Å². The van der Waals surface area contributed by atoms with E-state index in [0.717, 1.165) is 0 Å². The van der Waals surface area contributed by atoms with Gasteiger partial charge >= 0.3 is 0 Å². The maximum Gasteiger partial charge on any atom is 0.207 e. The van der Waals surface area contributed by atoms with Crippen LogP contribution in [0.25, 0.3) is 0 Å². The van der Waals surface area contributed by atoms with Crippen molar-refractivity contribution in [3.8, 4) is 0 Å². The zero-order chi connectivity index (χ0) is 9.78. The highest BCUT2D eigenvalue weighted by Gasteiger charge is 2.23. The standard InChI is InChI=1S/C7H15NO3S/c1-7(2,3)6(8-5-9)4-12(10)11/h5-6H,4H2,1-3H3,(H,8,9)(H,10,11)/p-1. The molecule has 0 fully saturated rings. The van der Waals surface area contributed by atoms with Gasteiger partial charge in [0.1, 0.15) is 0 Å². The minimum absolute atomic E-state index is 0.0394. The Bertz CT molecular complexity index is 176. The van der Waals surface area contributed by atoms with E-state index >= 15 is 0 Å². The van der Waals surface area contributed by atoms with Crippen molar-refractivity contribution in [3.05, 3.63) is 0 Å². The van der Waals surface area contributed by atoms with Crippen molar-refractivity contribution in [2.24, 2.45) is 5.41 Å². The minimum Gasteiger partial charge on any atom is -0.772 e. The Kier molecular flexibility index (Phi) is 4.41. The zero-order valence-electron chi connectivity index (χ0n) is 7.49. The van der Waals surface area contributed by atoms with Gasteiger partial charge in [-0.25, -0.2) is 0 Å². The molecule has 0 spiro atoms. The fourth-order valence-corrected chi connectivity index (χ4v) is 1.63. The van der Waals surface area contributed by atoms with E-state index < -0.39 is 11.1 Å². The summed E-state index contributed by atoms with van der Waals surface area (Å²) in [4.78, 5) is 10.1. The predicted octanol–water partition coefficient (Wildman–Crippen LogP) is 0.0262. The lowest BCUT2D eigenvalue weighted by atomic mass is 9.88. The first-order chi connectivity index (χ1) is 5.38. The molecule has 0 radical (unpaired) electrons. The molecule has 2 unspecified atom stereocenters. The van der Waals surface area contributed by atoms with Gasteiger partial charge < -0.3 is 9.87 Å². The summed E-state index contributed by atoms with van der Waals surface area (Å²) in [5, 5.41) is 2.48. The Balaban J connectivity index is 4.22. The second-order valence-corrected chi connectivity index (χ2v) is 4.61. The third-order valence-electron chi connectivity index (χ3n) is 1.62. The number of carbonyl (C=O) groups excluding carboxylic acids is 1. The lowest BCUT2D eigenvalue weighted by Gasteiger charge is -2.30. The van der Waals surface area contributed by atoms with Crippen molar-refractivity contribution < 1.29 is 13.6 Å². The molecule has 0 aromatic carbocycles. The van der Waals surface area contributed by atoms with E-state index in [1.165, 1.54) is 0 Å². The Morgan fingerprint density at radius 3 is 2.33 bits per heavy atom. The molecule has 12 heavy (non-hydrogen) atoms. The molecule has 72 valence electrons. The Hall–Kier alpha value is -0.420. The van der Waals surface area contributed by atoms with Crippen LogP contribution in [0.2, 0.25) is 0 Å². The molecule has 0 aromatic rings. The van der Waals surface area contributed by atoms with Crippen LogP contribution in [0.5, 0.6) is 0 Å². The van der Waals surface area contributed by atoms with Crippen molar-refractivity contribution in [2.75, 3.05) is 5.75 Å². The molecule has 0 aliphatic heterocycles. The number of rotatable bonds is 4. The number of hydrogen-bond donors (Lipinski definition) is 1. The molecule has 0 rings (SSSR count). The average Bonchev–Trinajstić information content (AvgIpc) is 1.83. The van der Waals surface area contributed by atoms with Crippen LogP contribution >= 0.6 is 0 Å². The van der Waals surface area contributed by atoms with E-state index in [1.54, 1.807) is 0 Å². The largest absolute Gasteiger partial charge is 0.772 e. The van der Waals surface area contributed by atoms with E-state index in [0.29, 0.717) is 6.41 Å². The van der Waals surface area contributed by atoms with Gasteiger partial charge in [0.2, 0.25) is 6.41 Å². The first kappa shape index (κ1) is 11.6. The van der Waals surface area contributed by atoms with Gasteiger partial charge in [-0.05, 0) is 5.41 Å². The molecule has 0 saturated carbocycles. The molecule has 0 saturated heterocycles. The van der Waals surface area contributed by atoms with Gasteiger partial charge in [-0.2, -0.15) is 0 Å². The second kappa shape index (κ2) is 4.57. The minimum atomic E-state index is -2.11. The highest BCUT2D eigenvalue weighted by atomic mass is 32.2. The SMILES string of the molecule is CC(C)(C)C(CS(=O)[O-])NC=O. The number of hydrogen-bond acceptors (Lipinski definition) is 3. The van der Waals surface area contributed by atoms with Gasteiger partial charge in [-0.1, -0.05) is 31.9 Å². The topological polar surface area (TPSA) is 69.2 Å². The highest BCUT2D eigenvalue weighted by molar-refractivity contribution is 7.79. The van der Waals surface area contributed by atoms with E-state index in [2.05, 4.69) is 5.32 Å². The summed E-state index contributed by atoms with van der Waals surface area (Å²) < 4.78 is 20.8. The maximum absolute atomic E-state index is 10.4. The first-order valence-electron chi connectivity index (χ1n) is 3.63. The van der Waals surface area contributed by atoms with Crippen LogP contribution in [0.4, 0.5) is 0 Å². The van der Waals surface area contributed by atoms with Gasteiger partial charge in [-0.15, -0.1) is 0 Å². The van der Waals surface area contributed by atoms with Crippen LogP contribution < -0.4 is 5.32 Å². The van der Waals surface area contributed by atoms with Gasteiger partial charge in [0.25, 0.3) is 0 Å². The zero-order valence-corrected chi connectivity index (χ0v) is 8.31. The molecule has 0 aliphatic carbocycles. The number of amides is 1. The van der Waals surface area contributed by atoms with Gasteiger partial charge in [0.05, 0.1) is 0 Å². The van der Waals surface area contributed by atoms with Crippen molar-refractivity contribution in [1.82, 2.24) is 5.32 Å². The molecular formula is C7H14NO3S-. The number of carbonyl (C=O) groups is 1. The smallest absolute Gasteiger partial charge is 0.207 e. The highest BCUT2D eigenvalue weighted by Crippen LogP contribution is 2.19. The number of nitrogens with one attached hydrogen (secondary N) is 1. The molecule has 1 amide bonds. The molecule has 0 aromatic heterocycles. The van der Waals surface area contributed by atoms with Gasteiger partial charge in [-0.3, -0.25) is 9.00 Å². The van der Waals surface area contributed by atoms with Crippen molar-refractivity contribution in [3.63, 3.8) is 0 Å². The van der Waals surface area contributed by atoms with Crippen molar-refractivity contribution in [1.29, 1.82) is 0 Å². The summed E-state index contributed by atoms with van der Waals surface area (Å²) in [6.45, 7) is 5.63. The average molecular weight is 192 g/mol. The molecule has 0 aliphatic rings. The fourth-order valence-electron chi connectivity index (χ4n) is 0.766. The quantitative estimate of drug-likeness (QED) is 0.504. The van der Waals surface area contributed by atoms with Crippen LogP contribution in [-0.2, 0) is 15.9 Å². The van der Waals surface area contributed by atoms with Gasteiger partial charge in [0, 0.05) is 11.8 Å². The molecule has 5 heteroatoms. The van der Waals surface area contributed by atoms with Crippen molar-refractivity contribution in [2.45, 2.75) is 26.8 Å². The van der Waals surface area contributed by atoms with E-state index in [4.69, 9.17) is 0 Å². The summed E-state index contributed by atoms with van der Waals surface area (Å²) in [6, 6.07) is -0.326. The normalized spacial score (nSPS) is 16.7. The van der Waals surface area contributed by atoms with Crippen LogP contribution in [0, 0.1) is 5.41 Å². The maximum atomic E-state index is 10.4. The van der Waals surface area contributed by atoms with E-state index in [1.807, 2.05) is 20.8 Å². The second-order valence-electron chi connectivity index (χ2n) is 3.67. The summed E-state index contributed by atoms with van der Waals surface area (Å²) >= 11 is -2.11. The molecular weight excluding hydrogens is 178 g/mol. The molecule has 0 heterocycles. The fraction of sp³-hybridized carbons (Fsp3) is 0.857. The molecule has 1 N–H and O–H groups in total. The monoisotopic (exact) mass is 192 g/mol. The summed E-state index contributed by atoms with van der Waals surface area (Å²) in [7, 11) is 0. The first-order valence-corrected chi connectivity index (χ1v) is 4.88. The van der Waals surface area contributed by atoms with Crippen LogP contribution in [0.3, 0.4) is 0 Å². The lowest BCUT2D eigenvalue weighted by Crippen LogP contribution is -2.43. The van der Waals surface area contributed by atoms with E-state index in [9.17, 15) is 13.6 Å². The third kappa shape index (κ3) is 4.46. The van der Waals surface area contributed by atoms with Crippen molar-refractivity contribution >= 4 is 17.5 Å². The lowest BCUT2D eigenvalue weighted by molar-refractivity contribution is -0.110. The van der Waals surface area contributed by atoms with Crippen LogP contribution in [0.15, 0.2) is 0 Å². The Morgan fingerprint density at radius 1 is 1.58 bits per heavy atom. The summed E-state index contributed by atoms with van der Waals surface area (Å²) in [6.07, 6.45) is 0.531. The third-order valence-corrected chi connectivity index (χ3v) is 2.22. The van der Waals surface area contributed by atoms with E-state index in [-0.39, 0.29) is 17.2 Å². The predicted molar refractivity (Wildman–Crippen MR) is 46.2 cm³/mol. The Morgan fingerprint density at radius 2 is 2.08 bits per heavy atom. The van der Waals surface area contributed by atoms with Crippen LogP contribution in [-0.4, -0.2) is 27.0 Å². The Labute approximate surface area is 75.0 Å². The van der Waals surface area contributed by atoms with Gasteiger partial charge in [0.15, 0.2) is 0 Å². The summed E-state index contributed by atoms with van der Waals surface area (Å²) in [5.74, 6) is -0.0394. The molecule has 0 bridgehead atoms. The summed E-state index contributed by atoms with van der Waals surface area (Å²) in [5.41, 5.74) is -0.235. The molecule has 4 nitrogen and oxygen atoms in total. The molecule has 2 atom stereocenters.